The molecular formula is C14H31IN4. The number of hydrogen-bond acceptors (Lipinski definition) is 2. The van der Waals surface area contributed by atoms with E-state index in [0.717, 1.165) is 31.4 Å². The molecule has 0 aromatic heterocycles. The molecule has 0 spiro atoms. The fourth-order valence-corrected chi connectivity index (χ4v) is 2.28. The molecule has 4 nitrogen and oxygen atoms in total. The van der Waals surface area contributed by atoms with E-state index in [2.05, 4.69) is 29.1 Å². The maximum absolute atomic E-state index is 4.62. The number of nitrogens with one attached hydrogen (secondary N) is 1. The highest BCUT2D eigenvalue weighted by molar-refractivity contribution is 14.0. The highest BCUT2D eigenvalue weighted by atomic mass is 127. The predicted molar refractivity (Wildman–Crippen MR) is 94.5 cm³/mol. The van der Waals surface area contributed by atoms with Gasteiger partial charge in [0.25, 0.3) is 0 Å². The van der Waals surface area contributed by atoms with Gasteiger partial charge in [0.2, 0.25) is 0 Å². The molecule has 1 saturated heterocycles. The topological polar surface area (TPSA) is 30.9 Å². The van der Waals surface area contributed by atoms with Crippen LogP contribution in [0.15, 0.2) is 4.99 Å². The zero-order valence-electron chi connectivity index (χ0n) is 13.0. The lowest BCUT2D eigenvalue weighted by Gasteiger charge is -2.29. The van der Waals surface area contributed by atoms with Crippen molar-refractivity contribution in [3.05, 3.63) is 0 Å². The van der Waals surface area contributed by atoms with Crippen molar-refractivity contribution in [1.29, 1.82) is 0 Å². The van der Waals surface area contributed by atoms with Crippen molar-refractivity contribution in [2.45, 2.75) is 33.1 Å². The molecule has 0 aliphatic carbocycles. The molecule has 0 unspecified atom stereocenters. The highest BCUT2D eigenvalue weighted by Gasteiger charge is 2.14. The second-order valence-corrected chi connectivity index (χ2v) is 5.51. The van der Waals surface area contributed by atoms with Crippen LogP contribution < -0.4 is 5.32 Å². The van der Waals surface area contributed by atoms with E-state index in [9.17, 15) is 0 Å². The second-order valence-electron chi connectivity index (χ2n) is 5.51. The summed E-state index contributed by atoms with van der Waals surface area (Å²) in [5, 5.41) is 3.29. The fourth-order valence-electron chi connectivity index (χ4n) is 2.28. The van der Waals surface area contributed by atoms with Crippen molar-refractivity contribution in [1.82, 2.24) is 15.1 Å². The first kappa shape index (κ1) is 19.0. The van der Waals surface area contributed by atoms with Crippen LogP contribution in [0.3, 0.4) is 0 Å². The van der Waals surface area contributed by atoms with Crippen molar-refractivity contribution in [3.63, 3.8) is 0 Å². The minimum absolute atomic E-state index is 0. The molecule has 0 radical (unpaired) electrons. The summed E-state index contributed by atoms with van der Waals surface area (Å²) in [6.07, 6.45) is 3.89. The van der Waals surface area contributed by atoms with Crippen LogP contribution in [0.25, 0.3) is 0 Å². The van der Waals surface area contributed by atoms with Crippen LogP contribution in [-0.4, -0.2) is 62.6 Å². The summed E-state index contributed by atoms with van der Waals surface area (Å²) in [5.74, 6) is 1.93. The van der Waals surface area contributed by atoms with Gasteiger partial charge < -0.3 is 15.1 Å². The van der Waals surface area contributed by atoms with Gasteiger partial charge in [0.05, 0.1) is 0 Å². The minimum atomic E-state index is 0. The number of rotatable bonds is 5. The summed E-state index contributed by atoms with van der Waals surface area (Å²) < 4.78 is 0. The molecule has 5 heteroatoms. The van der Waals surface area contributed by atoms with E-state index < -0.39 is 0 Å². The Morgan fingerprint density at radius 3 is 2.47 bits per heavy atom. The lowest BCUT2D eigenvalue weighted by molar-refractivity contribution is 0.191. The van der Waals surface area contributed by atoms with E-state index in [1.165, 1.54) is 32.5 Å². The van der Waals surface area contributed by atoms with Crippen molar-refractivity contribution in [2.75, 3.05) is 46.8 Å². The Morgan fingerprint density at radius 1 is 1.32 bits per heavy atom. The molecule has 0 aromatic carbocycles. The first-order valence-electron chi connectivity index (χ1n) is 7.31. The Kier molecular flexibility index (Phi) is 10.7. The van der Waals surface area contributed by atoms with Crippen molar-refractivity contribution in [3.8, 4) is 0 Å². The van der Waals surface area contributed by atoms with Crippen LogP contribution in [0.5, 0.6) is 0 Å². The van der Waals surface area contributed by atoms with Crippen LogP contribution in [0.1, 0.15) is 33.1 Å². The second kappa shape index (κ2) is 10.7. The van der Waals surface area contributed by atoms with Crippen LogP contribution in [0, 0.1) is 5.92 Å². The summed E-state index contributed by atoms with van der Waals surface area (Å²) in [4.78, 5) is 9.25. The SMILES string of the molecule is CCNC(=NCCCN1CCC(C)CC1)N(C)C.I. The molecule has 0 saturated carbocycles. The van der Waals surface area contributed by atoms with Crippen molar-refractivity contribution >= 4 is 29.9 Å². The quantitative estimate of drug-likeness (QED) is 0.343. The zero-order valence-corrected chi connectivity index (χ0v) is 15.3. The molecule has 19 heavy (non-hydrogen) atoms. The fraction of sp³-hybridized carbons (Fsp3) is 0.929. The van der Waals surface area contributed by atoms with Gasteiger partial charge in [-0.15, -0.1) is 24.0 Å². The summed E-state index contributed by atoms with van der Waals surface area (Å²) in [5.41, 5.74) is 0. The minimum Gasteiger partial charge on any atom is -0.357 e. The van der Waals surface area contributed by atoms with Crippen molar-refractivity contribution < 1.29 is 0 Å². The number of guanidine groups is 1. The van der Waals surface area contributed by atoms with Gasteiger partial charge in [0.1, 0.15) is 0 Å². The Hall–Kier alpha value is -0.0400. The molecule has 114 valence electrons. The van der Waals surface area contributed by atoms with Crippen LogP contribution in [-0.2, 0) is 0 Å². The Balaban J connectivity index is 0.00000324. The summed E-state index contributed by atoms with van der Waals surface area (Å²) in [7, 11) is 4.07. The molecule has 0 bridgehead atoms. The van der Waals surface area contributed by atoms with Gasteiger partial charge in [-0.3, -0.25) is 4.99 Å². The molecule has 1 aliphatic heterocycles. The van der Waals surface area contributed by atoms with Crippen molar-refractivity contribution in [2.24, 2.45) is 10.9 Å². The third kappa shape index (κ3) is 7.97. The van der Waals surface area contributed by atoms with Gasteiger partial charge in [0.15, 0.2) is 5.96 Å². The largest absolute Gasteiger partial charge is 0.357 e. The molecule has 0 amide bonds. The van der Waals surface area contributed by atoms with Crippen LogP contribution in [0.2, 0.25) is 0 Å². The number of likely N-dealkylation sites (tertiary alicyclic amines) is 1. The summed E-state index contributed by atoms with van der Waals surface area (Å²) in [6, 6.07) is 0. The Labute approximate surface area is 136 Å². The molecule has 1 rings (SSSR count). The number of piperidine rings is 1. The van der Waals surface area contributed by atoms with E-state index in [-0.39, 0.29) is 24.0 Å². The predicted octanol–water partition coefficient (Wildman–Crippen LogP) is 2.25. The standard InChI is InChI=1S/C14H30N4.HI/c1-5-15-14(17(3)4)16-9-6-10-18-11-7-13(2)8-12-18;/h13H,5-12H2,1-4H3,(H,15,16);1H. The first-order valence-corrected chi connectivity index (χ1v) is 7.31. The van der Waals surface area contributed by atoms with Gasteiger partial charge in [-0.2, -0.15) is 0 Å². The smallest absolute Gasteiger partial charge is 0.193 e. The Bertz CT molecular complexity index is 248. The number of halogens is 1. The van der Waals surface area contributed by atoms with Gasteiger partial charge in [-0.25, -0.2) is 0 Å². The molecule has 1 fully saturated rings. The lowest BCUT2D eigenvalue weighted by atomic mass is 9.99. The number of aliphatic imine (C=N–C) groups is 1. The van der Waals surface area contributed by atoms with E-state index >= 15 is 0 Å². The average molecular weight is 382 g/mol. The number of nitrogens with zero attached hydrogens (tertiary/aromatic N) is 3. The zero-order chi connectivity index (χ0) is 13.4. The third-order valence-corrected chi connectivity index (χ3v) is 3.53. The first-order chi connectivity index (χ1) is 8.63. The van der Waals surface area contributed by atoms with Crippen LogP contribution in [0.4, 0.5) is 0 Å². The molecule has 1 aliphatic rings. The molecule has 0 aromatic rings. The summed E-state index contributed by atoms with van der Waals surface area (Å²) >= 11 is 0. The molecule has 1 N–H and O–H groups in total. The lowest BCUT2D eigenvalue weighted by Crippen LogP contribution is -2.37. The van der Waals surface area contributed by atoms with Gasteiger partial charge in [0, 0.05) is 27.2 Å². The normalized spacial score (nSPS) is 18.0. The van der Waals surface area contributed by atoms with E-state index in [1.54, 1.807) is 0 Å². The van der Waals surface area contributed by atoms with E-state index in [4.69, 9.17) is 0 Å². The highest BCUT2D eigenvalue weighted by Crippen LogP contribution is 2.15. The third-order valence-electron chi connectivity index (χ3n) is 3.53. The van der Waals surface area contributed by atoms with E-state index in [1.807, 2.05) is 19.0 Å². The van der Waals surface area contributed by atoms with Crippen LogP contribution >= 0.6 is 24.0 Å². The van der Waals surface area contributed by atoms with Gasteiger partial charge >= 0.3 is 0 Å². The van der Waals surface area contributed by atoms with Gasteiger partial charge in [-0.1, -0.05) is 6.92 Å². The summed E-state index contributed by atoms with van der Waals surface area (Å²) in [6.45, 7) is 10.1. The number of hydrogen-bond donors (Lipinski definition) is 1. The van der Waals surface area contributed by atoms with E-state index in [0.29, 0.717) is 0 Å². The monoisotopic (exact) mass is 382 g/mol. The molecular weight excluding hydrogens is 351 g/mol. The molecule has 0 atom stereocenters. The maximum atomic E-state index is 4.62. The molecule has 1 heterocycles. The Morgan fingerprint density at radius 2 is 1.95 bits per heavy atom. The average Bonchev–Trinajstić information content (AvgIpc) is 2.35. The van der Waals surface area contributed by atoms with Gasteiger partial charge in [-0.05, 0) is 51.7 Å². The maximum Gasteiger partial charge on any atom is 0.193 e.